The fraction of sp³-hybridized carbons (Fsp3) is 0.250. The monoisotopic (exact) mass is 443 g/mol. The van der Waals surface area contributed by atoms with E-state index in [0.29, 0.717) is 18.9 Å². The third-order valence-electron chi connectivity index (χ3n) is 4.87. The highest BCUT2D eigenvalue weighted by Crippen LogP contribution is 2.27. The fourth-order valence-electron chi connectivity index (χ4n) is 3.28. The second kappa shape index (κ2) is 8.10. The van der Waals surface area contributed by atoms with Gasteiger partial charge in [0, 0.05) is 34.7 Å². The highest BCUT2D eigenvalue weighted by Gasteiger charge is 2.26. The van der Waals surface area contributed by atoms with Gasteiger partial charge in [0.1, 0.15) is 11.6 Å². The maximum Gasteiger partial charge on any atom is 0.321 e. The molecule has 2 amide bonds. The number of carbonyl (C=O) groups excluding carboxylic acids is 1. The van der Waals surface area contributed by atoms with Crippen LogP contribution in [0.5, 0.6) is 0 Å². The molecule has 2 N–H and O–H groups in total. The Morgan fingerprint density at radius 2 is 1.79 bits per heavy atom. The summed E-state index contributed by atoms with van der Waals surface area (Å²) >= 11 is 3.38. The molecule has 28 heavy (non-hydrogen) atoms. The quantitative estimate of drug-likeness (QED) is 0.611. The Kier molecular flexibility index (Phi) is 5.38. The van der Waals surface area contributed by atoms with Crippen molar-refractivity contribution in [1.29, 1.82) is 0 Å². The Morgan fingerprint density at radius 3 is 2.46 bits per heavy atom. The zero-order chi connectivity index (χ0) is 19.5. The second-order valence-electron chi connectivity index (χ2n) is 6.75. The minimum atomic E-state index is -0.284. The lowest BCUT2D eigenvalue weighted by Gasteiger charge is -2.31. The van der Waals surface area contributed by atoms with Crippen molar-refractivity contribution < 1.29 is 9.18 Å². The van der Waals surface area contributed by atoms with Crippen LogP contribution >= 0.6 is 15.9 Å². The molecule has 6 nitrogen and oxygen atoms in total. The van der Waals surface area contributed by atoms with Crippen molar-refractivity contribution in [2.45, 2.75) is 18.8 Å². The predicted octanol–water partition coefficient (Wildman–Crippen LogP) is 4.78. The highest BCUT2D eigenvalue weighted by atomic mass is 79.9. The van der Waals surface area contributed by atoms with Gasteiger partial charge in [-0.05, 0) is 61.4 Å². The van der Waals surface area contributed by atoms with Crippen molar-refractivity contribution in [3.8, 4) is 11.4 Å². The second-order valence-corrected chi connectivity index (χ2v) is 7.67. The molecular formula is C20H19BrFN5O. The van der Waals surface area contributed by atoms with E-state index in [0.717, 1.165) is 34.4 Å². The van der Waals surface area contributed by atoms with E-state index in [-0.39, 0.29) is 17.8 Å². The van der Waals surface area contributed by atoms with Gasteiger partial charge in [-0.15, -0.1) is 0 Å². The standard InChI is InChI=1S/C20H19BrFN5O/c21-15-3-7-17(8-4-15)23-20(28)27-11-9-14(10-12-27)19-24-18(25-26-19)13-1-5-16(22)6-2-13/h1-8,14H,9-12H2,(H,23,28)(H,24,25,26). The molecule has 8 heteroatoms. The summed E-state index contributed by atoms with van der Waals surface area (Å²) in [7, 11) is 0. The Labute approximate surface area is 170 Å². The number of halogens is 2. The third kappa shape index (κ3) is 4.22. The minimum absolute atomic E-state index is 0.0923. The predicted molar refractivity (Wildman–Crippen MR) is 108 cm³/mol. The van der Waals surface area contributed by atoms with Gasteiger partial charge in [0.2, 0.25) is 0 Å². The molecule has 0 atom stereocenters. The van der Waals surface area contributed by atoms with E-state index in [1.807, 2.05) is 29.2 Å². The van der Waals surface area contributed by atoms with Crippen LogP contribution in [0, 0.1) is 5.82 Å². The molecule has 1 aliphatic heterocycles. The molecule has 2 heterocycles. The summed E-state index contributed by atoms with van der Waals surface area (Å²) in [5.41, 5.74) is 1.55. The Bertz CT molecular complexity index is 949. The number of likely N-dealkylation sites (tertiary alicyclic amines) is 1. The molecule has 0 spiro atoms. The van der Waals surface area contributed by atoms with Gasteiger partial charge in [0.15, 0.2) is 5.82 Å². The van der Waals surface area contributed by atoms with Crippen LogP contribution in [-0.2, 0) is 0 Å². The molecule has 4 rings (SSSR count). The zero-order valence-corrected chi connectivity index (χ0v) is 16.6. The average Bonchev–Trinajstić information content (AvgIpc) is 3.20. The molecule has 0 aliphatic carbocycles. The van der Waals surface area contributed by atoms with E-state index < -0.39 is 0 Å². The van der Waals surface area contributed by atoms with Crippen LogP contribution in [0.15, 0.2) is 53.0 Å². The number of urea groups is 1. The molecule has 2 aromatic carbocycles. The van der Waals surface area contributed by atoms with Crippen LogP contribution in [0.2, 0.25) is 0 Å². The molecule has 0 unspecified atom stereocenters. The number of hydrogen-bond acceptors (Lipinski definition) is 3. The first-order chi connectivity index (χ1) is 13.6. The first-order valence-electron chi connectivity index (χ1n) is 9.08. The van der Waals surface area contributed by atoms with Gasteiger partial charge in [-0.1, -0.05) is 15.9 Å². The normalized spacial score (nSPS) is 14.9. The van der Waals surface area contributed by atoms with Crippen LogP contribution in [0.4, 0.5) is 14.9 Å². The number of hydrogen-bond donors (Lipinski definition) is 2. The molecule has 1 aliphatic rings. The number of aromatic nitrogens is 3. The summed E-state index contributed by atoms with van der Waals surface area (Å²) in [5, 5.41) is 10.2. The highest BCUT2D eigenvalue weighted by molar-refractivity contribution is 9.10. The summed E-state index contributed by atoms with van der Waals surface area (Å²) in [5.74, 6) is 1.31. The van der Waals surface area contributed by atoms with Crippen molar-refractivity contribution in [2.75, 3.05) is 18.4 Å². The van der Waals surface area contributed by atoms with Crippen molar-refractivity contribution in [2.24, 2.45) is 0 Å². The molecule has 1 fully saturated rings. The Morgan fingerprint density at radius 1 is 1.11 bits per heavy atom. The molecule has 3 aromatic rings. The third-order valence-corrected chi connectivity index (χ3v) is 5.40. The lowest BCUT2D eigenvalue weighted by molar-refractivity contribution is 0.193. The molecule has 0 radical (unpaired) electrons. The summed E-state index contributed by atoms with van der Waals surface area (Å²) in [6, 6.07) is 13.5. The largest absolute Gasteiger partial charge is 0.324 e. The smallest absolute Gasteiger partial charge is 0.321 e. The Hall–Kier alpha value is -2.74. The molecule has 1 saturated heterocycles. The number of benzene rings is 2. The molecule has 0 saturated carbocycles. The van der Waals surface area contributed by atoms with Gasteiger partial charge >= 0.3 is 6.03 Å². The fourth-order valence-corrected chi connectivity index (χ4v) is 3.54. The summed E-state index contributed by atoms with van der Waals surface area (Å²) < 4.78 is 14.0. The Balaban J connectivity index is 1.34. The van der Waals surface area contributed by atoms with E-state index >= 15 is 0 Å². The first-order valence-corrected chi connectivity index (χ1v) is 9.87. The van der Waals surface area contributed by atoms with E-state index in [1.54, 1.807) is 12.1 Å². The van der Waals surface area contributed by atoms with Gasteiger partial charge in [-0.2, -0.15) is 5.10 Å². The van der Waals surface area contributed by atoms with Crippen molar-refractivity contribution in [1.82, 2.24) is 20.1 Å². The topological polar surface area (TPSA) is 73.9 Å². The number of amides is 2. The van der Waals surface area contributed by atoms with Gasteiger partial charge in [-0.25, -0.2) is 14.2 Å². The van der Waals surface area contributed by atoms with Crippen molar-refractivity contribution in [3.05, 3.63) is 64.6 Å². The minimum Gasteiger partial charge on any atom is -0.324 e. The van der Waals surface area contributed by atoms with Crippen molar-refractivity contribution in [3.63, 3.8) is 0 Å². The molecular weight excluding hydrogens is 425 g/mol. The molecule has 144 valence electrons. The number of rotatable bonds is 3. The van der Waals surface area contributed by atoms with Gasteiger partial charge in [0.25, 0.3) is 0 Å². The SMILES string of the molecule is O=C(Nc1ccc(Br)cc1)N1CCC(c2nc(-c3ccc(F)cc3)n[nH]2)CC1. The first kappa shape index (κ1) is 18.6. The number of nitrogens with one attached hydrogen (secondary N) is 2. The summed E-state index contributed by atoms with van der Waals surface area (Å²) in [6.07, 6.45) is 1.62. The molecule has 0 bridgehead atoms. The van der Waals surface area contributed by atoms with E-state index in [9.17, 15) is 9.18 Å². The van der Waals surface area contributed by atoms with E-state index in [2.05, 4.69) is 36.4 Å². The number of anilines is 1. The molecule has 1 aromatic heterocycles. The maximum absolute atomic E-state index is 13.1. The summed E-state index contributed by atoms with van der Waals surface area (Å²) in [6.45, 7) is 1.30. The van der Waals surface area contributed by atoms with Crippen LogP contribution < -0.4 is 5.32 Å². The van der Waals surface area contributed by atoms with Crippen LogP contribution in [0.25, 0.3) is 11.4 Å². The zero-order valence-electron chi connectivity index (χ0n) is 15.0. The number of piperidine rings is 1. The van der Waals surface area contributed by atoms with Crippen LogP contribution in [0.1, 0.15) is 24.6 Å². The lowest BCUT2D eigenvalue weighted by atomic mass is 9.96. The van der Waals surface area contributed by atoms with Gasteiger partial charge in [-0.3, -0.25) is 5.10 Å². The maximum atomic E-state index is 13.1. The van der Waals surface area contributed by atoms with Gasteiger partial charge in [0.05, 0.1) is 0 Å². The average molecular weight is 444 g/mol. The van der Waals surface area contributed by atoms with Gasteiger partial charge < -0.3 is 10.2 Å². The lowest BCUT2D eigenvalue weighted by Crippen LogP contribution is -2.40. The number of carbonyl (C=O) groups is 1. The summed E-state index contributed by atoms with van der Waals surface area (Å²) in [4.78, 5) is 18.8. The number of aromatic amines is 1. The van der Waals surface area contributed by atoms with E-state index in [1.165, 1.54) is 12.1 Å². The van der Waals surface area contributed by atoms with Crippen LogP contribution in [0.3, 0.4) is 0 Å². The van der Waals surface area contributed by atoms with E-state index in [4.69, 9.17) is 0 Å². The number of nitrogens with zero attached hydrogens (tertiary/aromatic N) is 3. The number of H-pyrrole nitrogens is 1. The van der Waals surface area contributed by atoms with Crippen molar-refractivity contribution >= 4 is 27.6 Å². The van der Waals surface area contributed by atoms with Crippen LogP contribution in [-0.4, -0.2) is 39.2 Å².